The number of piperazine rings is 1. The molecule has 2 aromatic rings. The number of halogens is 2. The standard InChI is InChI=1S/C18H22ClFN6/c1-21-17(24-9-6-14-15(19)4-2-5-16(14)20)25-10-12-26(13-11-25)18-22-7-3-8-23-18/h2-5,7-8H,6,9-13H2,1H3,(H,21,24). The summed E-state index contributed by atoms with van der Waals surface area (Å²) >= 11 is 6.08. The van der Waals surface area contributed by atoms with Crippen LogP contribution in [-0.2, 0) is 6.42 Å². The molecule has 0 atom stereocenters. The Morgan fingerprint density at radius 1 is 1.19 bits per heavy atom. The molecule has 0 spiro atoms. The van der Waals surface area contributed by atoms with Gasteiger partial charge in [-0.2, -0.15) is 0 Å². The molecule has 1 aliphatic rings. The van der Waals surface area contributed by atoms with E-state index in [2.05, 4.69) is 30.1 Å². The Balaban J connectivity index is 1.51. The van der Waals surface area contributed by atoms with Crippen LogP contribution in [0.2, 0.25) is 5.02 Å². The van der Waals surface area contributed by atoms with Crippen molar-refractivity contribution >= 4 is 23.5 Å². The van der Waals surface area contributed by atoms with Crippen LogP contribution in [0.3, 0.4) is 0 Å². The molecule has 0 saturated carbocycles. The van der Waals surface area contributed by atoms with Crippen LogP contribution >= 0.6 is 11.6 Å². The van der Waals surface area contributed by atoms with Gasteiger partial charge in [-0.3, -0.25) is 4.99 Å². The molecule has 0 unspecified atom stereocenters. The van der Waals surface area contributed by atoms with Gasteiger partial charge in [-0.05, 0) is 24.6 Å². The third-order valence-corrected chi connectivity index (χ3v) is 4.70. The summed E-state index contributed by atoms with van der Waals surface area (Å²) in [5.74, 6) is 1.29. The van der Waals surface area contributed by atoms with Crippen LogP contribution in [0.15, 0.2) is 41.7 Å². The van der Waals surface area contributed by atoms with E-state index in [4.69, 9.17) is 11.6 Å². The lowest BCUT2D eigenvalue weighted by molar-refractivity contribution is 0.370. The zero-order valence-corrected chi connectivity index (χ0v) is 15.5. The van der Waals surface area contributed by atoms with Crippen LogP contribution in [0.1, 0.15) is 5.56 Å². The Bertz CT molecular complexity index is 726. The van der Waals surface area contributed by atoms with Crippen molar-refractivity contribution in [2.24, 2.45) is 4.99 Å². The van der Waals surface area contributed by atoms with E-state index in [1.165, 1.54) is 6.07 Å². The van der Waals surface area contributed by atoms with Gasteiger partial charge >= 0.3 is 0 Å². The average molecular weight is 377 g/mol. The highest BCUT2D eigenvalue weighted by Gasteiger charge is 2.21. The number of rotatable bonds is 4. The fourth-order valence-corrected chi connectivity index (χ4v) is 3.23. The second-order valence-corrected chi connectivity index (χ2v) is 6.35. The largest absolute Gasteiger partial charge is 0.356 e. The topological polar surface area (TPSA) is 56.7 Å². The second-order valence-electron chi connectivity index (χ2n) is 5.95. The summed E-state index contributed by atoms with van der Waals surface area (Å²) in [5.41, 5.74) is 0.531. The molecule has 8 heteroatoms. The van der Waals surface area contributed by atoms with Gasteiger partial charge in [0.2, 0.25) is 5.95 Å². The number of hydrogen-bond donors (Lipinski definition) is 1. The first-order valence-corrected chi connectivity index (χ1v) is 8.97. The lowest BCUT2D eigenvalue weighted by atomic mass is 10.1. The van der Waals surface area contributed by atoms with E-state index in [9.17, 15) is 4.39 Å². The van der Waals surface area contributed by atoms with Crippen molar-refractivity contribution in [2.75, 3.05) is 44.7 Å². The van der Waals surface area contributed by atoms with Gasteiger partial charge in [0.15, 0.2) is 5.96 Å². The summed E-state index contributed by atoms with van der Waals surface area (Å²) in [6.07, 6.45) is 4.01. The van der Waals surface area contributed by atoms with E-state index in [0.29, 0.717) is 23.6 Å². The molecule has 2 heterocycles. The maximum Gasteiger partial charge on any atom is 0.225 e. The molecule has 3 rings (SSSR count). The lowest BCUT2D eigenvalue weighted by Gasteiger charge is -2.36. The van der Waals surface area contributed by atoms with E-state index in [-0.39, 0.29) is 5.82 Å². The summed E-state index contributed by atoms with van der Waals surface area (Å²) in [5, 5.41) is 3.75. The van der Waals surface area contributed by atoms with Crippen LogP contribution in [0.5, 0.6) is 0 Å². The third kappa shape index (κ3) is 4.40. The smallest absolute Gasteiger partial charge is 0.225 e. The molecule has 6 nitrogen and oxygen atoms in total. The lowest BCUT2D eigenvalue weighted by Crippen LogP contribution is -2.53. The van der Waals surface area contributed by atoms with Crippen LogP contribution in [0.4, 0.5) is 10.3 Å². The normalized spacial score (nSPS) is 15.3. The molecule has 138 valence electrons. The van der Waals surface area contributed by atoms with Gasteiger partial charge in [-0.15, -0.1) is 0 Å². The molecule has 0 amide bonds. The van der Waals surface area contributed by atoms with E-state index in [1.807, 2.05) is 6.07 Å². The number of guanidine groups is 1. The van der Waals surface area contributed by atoms with Crippen LogP contribution in [-0.4, -0.2) is 60.6 Å². The van der Waals surface area contributed by atoms with Crippen molar-refractivity contribution in [3.8, 4) is 0 Å². The summed E-state index contributed by atoms with van der Waals surface area (Å²) in [4.78, 5) is 17.3. The van der Waals surface area contributed by atoms with Gasteiger partial charge in [0.05, 0.1) is 0 Å². The average Bonchev–Trinajstić information content (AvgIpc) is 2.68. The first-order chi connectivity index (χ1) is 12.7. The summed E-state index contributed by atoms with van der Waals surface area (Å²) in [7, 11) is 1.76. The van der Waals surface area contributed by atoms with Crippen molar-refractivity contribution in [2.45, 2.75) is 6.42 Å². The monoisotopic (exact) mass is 376 g/mol. The zero-order valence-electron chi connectivity index (χ0n) is 14.7. The van der Waals surface area contributed by atoms with Crippen molar-refractivity contribution in [1.29, 1.82) is 0 Å². The van der Waals surface area contributed by atoms with Gasteiger partial charge in [0, 0.05) is 62.8 Å². The molecule has 1 N–H and O–H groups in total. The minimum atomic E-state index is -0.272. The van der Waals surface area contributed by atoms with Gasteiger partial charge < -0.3 is 15.1 Å². The van der Waals surface area contributed by atoms with Gasteiger partial charge in [-0.1, -0.05) is 17.7 Å². The minimum absolute atomic E-state index is 0.272. The molecular formula is C18H22ClFN6. The molecule has 0 aliphatic carbocycles. The fourth-order valence-electron chi connectivity index (χ4n) is 2.98. The molecular weight excluding hydrogens is 355 g/mol. The molecule has 0 radical (unpaired) electrons. The van der Waals surface area contributed by atoms with Crippen LogP contribution in [0, 0.1) is 5.82 Å². The van der Waals surface area contributed by atoms with Gasteiger partial charge in [0.1, 0.15) is 5.82 Å². The molecule has 26 heavy (non-hydrogen) atoms. The highest BCUT2D eigenvalue weighted by molar-refractivity contribution is 6.31. The Hall–Kier alpha value is -2.41. The van der Waals surface area contributed by atoms with Crippen molar-refractivity contribution in [3.63, 3.8) is 0 Å². The maximum absolute atomic E-state index is 13.8. The predicted octanol–water partition coefficient (Wildman–Crippen LogP) is 2.21. The number of benzene rings is 1. The zero-order chi connectivity index (χ0) is 18.4. The van der Waals surface area contributed by atoms with Crippen molar-refractivity contribution < 1.29 is 4.39 Å². The van der Waals surface area contributed by atoms with Crippen LogP contribution < -0.4 is 10.2 Å². The molecule has 0 bridgehead atoms. The molecule has 1 fully saturated rings. The molecule has 1 aliphatic heterocycles. The number of aliphatic imine (C=N–C) groups is 1. The highest BCUT2D eigenvalue weighted by atomic mass is 35.5. The minimum Gasteiger partial charge on any atom is -0.356 e. The van der Waals surface area contributed by atoms with E-state index in [0.717, 1.165) is 38.1 Å². The Morgan fingerprint density at radius 3 is 2.58 bits per heavy atom. The Labute approximate surface area is 157 Å². The van der Waals surface area contributed by atoms with E-state index in [1.54, 1.807) is 31.6 Å². The Morgan fingerprint density at radius 2 is 1.92 bits per heavy atom. The summed E-state index contributed by atoms with van der Waals surface area (Å²) in [6, 6.07) is 6.57. The molecule has 1 aromatic carbocycles. The highest BCUT2D eigenvalue weighted by Crippen LogP contribution is 2.19. The number of nitrogens with one attached hydrogen (secondary N) is 1. The number of hydrogen-bond acceptors (Lipinski definition) is 4. The maximum atomic E-state index is 13.8. The Kier molecular flexibility index (Phi) is 6.22. The molecule has 1 saturated heterocycles. The third-order valence-electron chi connectivity index (χ3n) is 4.35. The van der Waals surface area contributed by atoms with Crippen molar-refractivity contribution in [3.05, 3.63) is 53.1 Å². The number of aromatic nitrogens is 2. The SMILES string of the molecule is CN=C(NCCc1c(F)cccc1Cl)N1CCN(c2ncccn2)CC1. The fraction of sp³-hybridized carbons (Fsp3) is 0.389. The number of anilines is 1. The first kappa shape index (κ1) is 18.4. The number of nitrogens with zero attached hydrogens (tertiary/aromatic N) is 5. The van der Waals surface area contributed by atoms with E-state index >= 15 is 0 Å². The van der Waals surface area contributed by atoms with Crippen molar-refractivity contribution in [1.82, 2.24) is 20.2 Å². The second kappa shape index (κ2) is 8.80. The van der Waals surface area contributed by atoms with Gasteiger partial charge in [-0.25, -0.2) is 14.4 Å². The molecule has 1 aromatic heterocycles. The van der Waals surface area contributed by atoms with Crippen LogP contribution in [0.25, 0.3) is 0 Å². The summed E-state index contributed by atoms with van der Waals surface area (Å²) < 4.78 is 13.8. The first-order valence-electron chi connectivity index (χ1n) is 8.59. The van der Waals surface area contributed by atoms with Gasteiger partial charge in [0.25, 0.3) is 0 Å². The quantitative estimate of drug-likeness (QED) is 0.655. The summed E-state index contributed by atoms with van der Waals surface area (Å²) in [6.45, 7) is 3.85. The van der Waals surface area contributed by atoms with E-state index < -0.39 is 0 Å². The predicted molar refractivity (Wildman–Crippen MR) is 102 cm³/mol.